The summed E-state index contributed by atoms with van der Waals surface area (Å²) in [6.07, 6.45) is 3.66. The van der Waals surface area contributed by atoms with Crippen LogP contribution in [-0.2, 0) is 12.8 Å². The average Bonchev–Trinajstić information content (AvgIpc) is 2.69. The maximum absolute atomic E-state index is 5.73. The minimum absolute atomic E-state index is 0.415. The summed E-state index contributed by atoms with van der Waals surface area (Å²) in [7, 11) is 0. The van der Waals surface area contributed by atoms with Crippen molar-refractivity contribution < 1.29 is 0 Å². The molecule has 0 bridgehead atoms. The van der Waals surface area contributed by atoms with Gasteiger partial charge in [-0.15, -0.1) is 11.3 Å². The minimum atomic E-state index is 0.415. The molecule has 2 rings (SSSR count). The highest BCUT2D eigenvalue weighted by Gasteiger charge is 2.30. The standard InChI is InChI=1S/C14H24N2S/c1-9(8-15)13-16-11-6-5-10(14(2,3)4)7-12(11)17-13/h9-10H,5-8,15H2,1-4H3. The fourth-order valence-electron chi connectivity index (χ4n) is 2.45. The highest BCUT2D eigenvalue weighted by molar-refractivity contribution is 7.11. The van der Waals surface area contributed by atoms with Crippen LogP contribution in [-0.4, -0.2) is 11.5 Å². The van der Waals surface area contributed by atoms with E-state index >= 15 is 0 Å². The number of nitrogens with two attached hydrogens (primary N) is 1. The van der Waals surface area contributed by atoms with Crippen LogP contribution in [0, 0.1) is 11.3 Å². The lowest BCUT2D eigenvalue weighted by Crippen LogP contribution is -2.26. The van der Waals surface area contributed by atoms with E-state index in [1.165, 1.54) is 28.4 Å². The predicted molar refractivity (Wildman–Crippen MR) is 74.6 cm³/mol. The third kappa shape index (κ3) is 2.71. The highest BCUT2D eigenvalue weighted by Crippen LogP contribution is 2.39. The second-order valence-electron chi connectivity index (χ2n) is 6.36. The molecular weight excluding hydrogens is 228 g/mol. The van der Waals surface area contributed by atoms with Crippen molar-refractivity contribution in [2.45, 2.75) is 52.9 Å². The monoisotopic (exact) mass is 252 g/mol. The molecule has 2 nitrogen and oxygen atoms in total. The molecule has 1 aromatic rings. The Labute approximate surface area is 109 Å². The Morgan fingerprint density at radius 1 is 1.47 bits per heavy atom. The van der Waals surface area contributed by atoms with Crippen LogP contribution in [0.4, 0.5) is 0 Å². The molecule has 0 saturated heterocycles. The first-order valence-electron chi connectivity index (χ1n) is 6.60. The van der Waals surface area contributed by atoms with E-state index in [9.17, 15) is 0 Å². The summed E-state index contributed by atoms with van der Waals surface area (Å²) in [6, 6.07) is 0. The van der Waals surface area contributed by atoms with Crippen LogP contribution in [0.1, 0.15) is 55.6 Å². The van der Waals surface area contributed by atoms with Gasteiger partial charge >= 0.3 is 0 Å². The Morgan fingerprint density at radius 2 is 2.18 bits per heavy atom. The number of hydrogen-bond donors (Lipinski definition) is 1. The summed E-state index contributed by atoms with van der Waals surface area (Å²) in [5.41, 5.74) is 7.50. The molecule has 3 heteroatoms. The van der Waals surface area contributed by atoms with E-state index in [0.29, 0.717) is 17.9 Å². The molecule has 1 heterocycles. The van der Waals surface area contributed by atoms with Gasteiger partial charge in [-0.2, -0.15) is 0 Å². The lowest BCUT2D eigenvalue weighted by atomic mass is 9.73. The number of fused-ring (bicyclic) bond motifs is 1. The first kappa shape index (κ1) is 13.0. The zero-order valence-electron chi connectivity index (χ0n) is 11.4. The number of rotatable bonds is 2. The zero-order valence-corrected chi connectivity index (χ0v) is 12.2. The fourth-order valence-corrected chi connectivity index (χ4v) is 3.70. The van der Waals surface area contributed by atoms with Crippen LogP contribution in [0.15, 0.2) is 0 Å². The van der Waals surface area contributed by atoms with Crippen LogP contribution in [0.3, 0.4) is 0 Å². The summed E-state index contributed by atoms with van der Waals surface area (Å²) in [5.74, 6) is 1.22. The molecule has 2 N–H and O–H groups in total. The van der Waals surface area contributed by atoms with Crippen LogP contribution >= 0.6 is 11.3 Å². The Morgan fingerprint density at radius 3 is 2.76 bits per heavy atom. The molecule has 0 fully saturated rings. The van der Waals surface area contributed by atoms with Crippen molar-refractivity contribution in [3.8, 4) is 0 Å². The van der Waals surface area contributed by atoms with Crippen LogP contribution in [0.25, 0.3) is 0 Å². The average molecular weight is 252 g/mol. The predicted octanol–water partition coefficient (Wildman–Crippen LogP) is 3.36. The molecule has 0 aliphatic heterocycles. The smallest absolute Gasteiger partial charge is 0.0971 e. The van der Waals surface area contributed by atoms with Gasteiger partial charge in [-0.1, -0.05) is 27.7 Å². The maximum atomic E-state index is 5.73. The molecule has 2 atom stereocenters. The number of thiazole rings is 1. The molecule has 1 aliphatic rings. The molecule has 0 saturated carbocycles. The Hall–Kier alpha value is -0.410. The van der Waals surface area contributed by atoms with Gasteiger partial charge in [0.1, 0.15) is 0 Å². The van der Waals surface area contributed by atoms with Crippen LogP contribution < -0.4 is 5.73 Å². The van der Waals surface area contributed by atoms with Gasteiger partial charge in [-0.3, -0.25) is 0 Å². The van der Waals surface area contributed by atoms with Gasteiger partial charge in [0.15, 0.2) is 0 Å². The molecule has 0 radical (unpaired) electrons. The van der Waals surface area contributed by atoms with Crippen LogP contribution in [0.2, 0.25) is 0 Å². The molecular formula is C14H24N2S. The van der Waals surface area contributed by atoms with E-state index in [1.807, 2.05) is 11.3 Å². The van der Waals surface area contributed by atoms with Crippen molar-refractivity contribution in [3.63, 3.8) is 0 Å². The fraction of sp³-hybridized carbons (Fsp3) is 0.786. The van der Waals surface area contributed by atoms with Crippen molar-refractivity contribution in [3.05, 3.63) is 15.6 Å². The van der Waals surface area contributed by atoms with Crippen molar-refractivity contribution in [2.75, 3.05) is 6.54 Å². The molecule has 17 heavy (non-hydrogen) atoms. The van der Waals surface area contributed by atoms with Gasteiger partial charge in [0, 0.05) is 17.3 Å². The van der Waals surface area contributed by atoms with Gasteiger partial charge < -0.3 is 5.73 Å². The van der Waals surface area contributed by atoms with Crippen molar-refractivity contribution in [1.82, 2.24) is 4.98 Å². The summed E-state index contributed by atoms with van der Waals surface area (Å²) in [5, 5.41) is 1.24. The number of aryl methyl sites for hydroxylation is 1. The summed E-state index contributed by atoms with van der Waals surface area (Å²) >= 11 is 1.90. The molecule has 1 aromatic heterocycles. The molecule has 0 spiro atoms. The van der Waals surface area contributed by atoms with E-state index in [0.717, 1.165) is 12.3 Å². The molecule has 1 aliphatic carbocycles. The first-order valence-corrected chi connectivity index (χ1v) is 7.42. The quantitative estimate of drug-likeness (QED) is 0.876. The van der Waals surface area contributed by atoms with E-state index in [1.54, 1.807) is 0 Å². The summed E-state index contributed by atoms with van der Waals surface area (Å²) in [4.78, 5) is 6.30. The minimum Gasteiger partial charge on any atom is -0.330 e. The largest absolute Gasteiger partial charge is 0.330 e. The van der Waals surface area contributed by atoms with Gasteiger partial charge in [0.2, 0.25) is 0 Å². The highest BCUT2D eigenvalue weighted by atomic mass is 32.1. The normalized spacial score (nSPS) is 22.3. The van der Waals surface area contributed by atoms with Gasteiger partial charge in [0.25, 0.3) is 0 Å². The second kappa shape index (κ2) is 4.69. The van der Waals surface area contributed by atoms with Crippen molar-refractivity contribution in [1.29, 1.82) is 0 Å². The number of hydrogen-bond acceptors (Lipinski definition) is 3. The van der Waals surface area contributed by atoms with Crippen molar-refractivity contribution in [2.24, 2.45) is 17.1 Å². The second-order valence-corrected chi connectivity index (χ2v) is 7.48. The van der Waals surface area contributed by atoms with Gasteiger partial charge in [-0.05, 0) is 30.6 Å². The van der Waals surface area contributed by atoms with E-state index < -0.39 is 0 Å². The summed E-state index contributed by atoms with van der Waals surface area (Å²) < 4.78 is 0. The first-order chi connectivity index (χ1) is 7.91. The Bertz CT molecular complexity index is 389. The Kier molecular flexibility index (Phi) is 3.60. The lowest BCUT2D eigenvalue weighted by Gasteiger charge is -2.33. The molecule has 0 amide bonds. The number of nitrogens with zero attached hydrogens (tertiary/aromatic N) is 1. The topological polar surface area (TPSA) is 38.9 Å². The van der Waals surface area contributed by atoms with E-state index in [2.05, 4.69) is 27.7 Å². The van der Waals surface area contributed by atoms with E-state index in [-0.39, 0.29) is 0 Å². The molecule has 96 valence electrons. The maximum Gasteiger partial charge on any atom is 0.0971 e. The van der Waals surface area contributed by atoms with Crippen LogP contribution in [0.5, 0.6) is 0 Å². The van der Waals surface area contributed by atoms with Crippen molar-refractivity contribution >= 4 is 11.3 Å². The third-order valence-electron chi connectivity index (χ3n) is 3.96. The summed E-state index contributed by atoms with van der Waals surface area (Å²) in [6.45, 7) is 9.94. The Balaban J connectivity index is 2.18. The molecule has 2 unspecified atom stereocenters. The zero-order chi connectivity index (χ0) is 12.6. The van der Waals surface area contributed by atoms with Gasteiger partial charge in [-0.25, -0.2) is 4.98 Å². The number of aromatic nitrogens is 1. The lowest BCUT2D eigenvalue weighted by molar-refractivity contribution is 0.217. The third-order valence-corrected chi connectivity index (χ3v) is 5.31. The SMILES string of the molecule is CC(CN)c1nc2c(s1)CC(C(C)(C)C)CC2. The van der Waals surface area contributed by atoms with Gasteiger partial charge in [0.05, 0.1) is 10.7 Å². The molecule has 0 aromatic carbocycles. The van der Waals surface area contributed by atoms with E-state index in [4.69, 9.17) is 10.7 Å².